The first-order chi connectivity index (χ1) is 11.2. The van der Waals surface area contributed by atoms with Gasteiger partial charge in [-0.1, -0.05) is 44.2 Å². The maximum atomic E-state index is 13.7. The van der Waals surface area contributed by atoms with Gasteiger partial charge in [0.2, 0.25) is 5.88 Å². The summed E-state index contributed by atoms with van der Waals surface area (Å²) in [6.45, 7) is 4.85. The molecule has 0 unspecified atom stereocenters. The monoisotopic (exact) mass is 310 g/mol. The van der Waals surface area contributed by atoms with E-state index < -0.39 is 0 Å². The van der Waals surface area contributed by atoms with Crippen molar-refractivity contribution in [3.63, 3.8) is 0 Å². The predicted molar refractivity (Wildman–Crippen MR) is 89.2 cm³/mol. The van der Waals surface area contributed by atoms with Crippen molar-refractivity contribution in [1.82, 2.24) is 9.97 Å². The van der Waals surface area contributed by atoms with E-state index in [1.165, 1.54) is 23.5 Å². The van der Waals surface area contributed by atoms with E-state index in [9.17, 15) is 4.39 Å². The topological polar surface area (TPSA) is 35.0 Å². The fraction of sp³-hybridized carbons (Fsp3) is 0.263. The Hall–Kier alpha value is -2.49. The lowest BCUT2D eigenvalue weighted by Crippen LogP contribution is -2.06. The van der Waals surface area contributed by atoms with Crippen LogP contribution in [0.2, 0.25) is 0 Å². The van der Waals surface area contributed by atoms with Crippen LogP contribution in [0.15, 0.2) is 48.8 Å². The van der Waals surface area contributed by atoms with E-state index in [0.717, 1.165) is 6.42 Å². The van der Waals surface area contributed by atoms with Crippen LogP contribution in [-0.4, -0.2) is 16.6 Å². The first-order valence-corrected chi connectivity index (χ1v) is 7.76. The summed E-state index contributed by atoms with van der Waals surface area (Å²) >= 11 is 0. The SMILES string of the molecule is CC(C)c1ccccc1CCOc1ncnc2c(F)cccc12. The highest BCUT2D eigenvalue weighted by molar-refractivity contribution is 5.83. The molecule has 3 rings (SSSR count). The van der Waals surface area contributed by atoms with E-state index >= 15 is 0 Å². The predicted octanol–water partition coefficient (Wildman–Crippen LogP) is 4.51. The van der Waals surface area contributed by atoms with Crippen LogP contribution in [0.25, 0.3) is 10.9 Å². The van der Waals surface area contributed by atoms with Crippen LogP contribution in [0.4, 0.5) is 4.39 Å². The van der Waals surface area contributed by atoms with Crippen molar-refractivity contribution in [2.24, 2.45) is 0 Å². The van der Waals surface area contributed by atoms with Crippen LogP contribution in [-0.2, 0) is 6.42 Å². The Kier molecular flexibility index (Phi) is 4.51. The number of hydrogen-bond donors (Lipinski definition) is 0. The Labute approximate surface area is 135 Å². The second kappa shape index (κ2) is 6.73. The third-order valence-electron chi connectivity index (χ3n) is 3.87. The van der Waals surface area contributed by atoms with Crippen LogP contribution < -0.4 is 4.74 Å². The lowest BCUT2D eigenvalue weighted by molar-refractivity contribution is 0.312. The molecular formula is C19H19FN2O. The average Bonchev–Trinajstić information content (AvgIpc) is 2.56. The zero-order chi connectivity index (χ0) is 16.2. The van der Waals surface area contributed by atoms with Crippen LogP contribution in [0.5, 0.6) is 5.88 Å². The third kappa shape index (κ3) is 3.31. The smallest absolute Gasteiger partial charge is 0.224 e. The maximum Gasteiger partial charge on any atom is 0.224 e. The van der Waals surface area contributed by atoms with Crippen molar-refractivity contribution < 1.29 is 9.13 Å². The van der Waals surface area contributed by atoms with Crippen molar-refractivity contribution >= 4 is 10.9 Å². The molecule has 23 heavy (non-hydrogen) atoms. The summed E-state index contributed by atoms with van der Waals surface area (Å²) < 4.78 is 19.5. The number of rotatable bonds is 5. The van der Waals surface area contributed by atoms with E-state index in [1.807, 2.05) is 6.07 Å². The van der Waals surface area contributed by atoms with E-state index in [0.29, 0.717) is 29.3 Å². The molecule has 118 valence electrons. The lowest BCUT2D eigenvalue weighted by Gasteiger charge is -2.13. The number of para-hydroxylation sites is 1. The van der Waals surface area contributed by atoms with Gasteiger partial charge in [-0.05, 0) is 29.2 Å². The molecule has 0 radical (unpaired) electrons. The zero-order valence-corrected chi connectivity index (χ0v) is 13.3. The zero-order valence-electron chi connectivity index (χ0n) is 13.3. The molecule has 0 atom stereocenters. The quantitative estimate of drug-likeness (QED) is 0.695. The fourth-order valence-electron chi connectivity index (χ4n) is 2.73. The first kappa shape index (κ1) is 15.4. The molecule has 0 saturated heterocycles. The summed E-state index contributed by atoms with van der Waals surface area (Å²) in [6.07, 6.45) is 2.12. The number of fused-ring (bicyclic) bond motifs is 1. The normalized spacial score (nSPS) is 11.1. The van der Waals surface area contributed by atoms with Gasteiger partial charge in [-0.2, -0.15) is 0 Å². The van der Waals surface area contributed by atoms with Gasteiger partial charge in [0.25, 0.3) is 0 Å². The molecule has 0 spiro atoms. The van der Waals surface area contributed by atoms with E-state index in [2.05, 4.69) is 42.0 Å². The Morgan fingerprint density at radius 2 is 1.87 bits per heavy atom. The van der Waals surface area contributed by atoms with Gasteiger partial charge in [-0.25, -0.2) is 14.4 Å². The molecular weight excluding hydrogens is 291 g/mol. The van der Waals surface area contributed by atoms with Gasteiger partial charge in [0, 0.05) is 6.42 Å². The van der Waals surface area contributed by atoms with E-state index in [1.54, 1.807) is 12.1 Å². The standard InChI is InChI=1S/C19H19FN2O/c1-13(2)15-7-4-3-6-14(15)10-11-23-19-16-8-5-9-17(20)18(16)21-12-22-19/h3-9,12-13H,10-11H2,1-2H3. The van der Waals surface area contributed by atoms with Gasteiger partial charge in [0.05, 0.1) is 12.0 Å². The van der Waals surface area contributed by atoms with Crippen LogP contribution in [0.1, 0.15) is 30.9 Å². The highest BCUT2D eigenvalue weighted by Gasteiger charge is 2.09. The molecule has 3 nitrogen and oxygen atoms in total. The molecule has 1 heterocycles. The Morgan fingerprint density at radius 3 is 2.70 bits per heavy atom. The number of aromatic nitrogens is 2. The molecule has 0 N–H and O–H groups in total. The van der Waals surface area contributed by atoms with Crippen molar-refractivity contribution in [1.29, 1.82) is 0 Å². The molecule has 4 heteroatoms. The van der Waals surface area contributed by atoms with Crippen molar-refractivity contribution in [2.75, 3.05) is 6.61 Å². The third-order valence-corrected chi connectivity index (χ3v) is 3.87. The van der Waals surface area contributed by atoms with Crippen molar-refractivity contribution in [2.45, 2.75) is 26.2 Å². The molecule has 0 fully saturated rings. The van der Waals surface area contributed by atoms with Crippen LogP contribution in [0.3, 0.4) is 0 Å². The summed E-state index contributed by atoms with van der Waals surface area (Å²) in [5.41, 5.74) is 2.89. The molecule has 0 bridgehead atoms. The maximum absolute atomic E-state index is 13.7. The number of benzene rings is 2. The minimum absolute atomic E-state index is 0.292. The first-order valence-electron chi connectivity index (χ1n) is 7.76. The minimum atomic E-state index is -0.361. The van der Waals surface area contributed by atoms with Crippen molar-refractivity contribution in [3.8, 4) is 5.88 Å². The Bertz CT molecular complexity index is 817. The minimum Gasteiger partial charge on any atom is -0.477 e. The largest absolute Gasteiger partial charge is 0.477 e. The summed E-state index contributed by atoms with van der Waals surface area (Å²) in [5.74, 6) is 0.539. The van der Waals surface area contributed by atoms with Gasteiger partial charge in [0.15, 0.2) is 0 Å². The molecule has 1 aromatic heterocycles. The van der Waals surface area contributed by atoms with Crippen LogP contribution in [0, 0.1) is 5.82 Å². The summed E-state index contributed by atoms with van der Waals surface area (Å²) in [4.78, 5) is 8.12. The number of halogens is 1. The molecule has 0 aliphatic carbocycles. The van der Waals surface area contributed by atoms with Crippen LogP contribution >= 0.6 is 0 Å². The molecule has 0 aliphatic rings. The van der Waals surface area contributed by atoms with Gasteiger partial charge >= 0.3 is 0 Å². The number of ether oxygens (including phenoxy) is 1. The average molecular weight is 310 g/mol. The van der Waals surface area contributed by atoms with E-state index in [4.69, 9.17) is 4.74 Å². The van der Waals surface area contributed by atoms with E-state index in [-0.39, 0.29) is 5.82 Å². The molecule has 0 saturated carbocycles. The summed E-state index contributed by atoms with van der Waals surface area (Å²) in [7, 11) is 0. The van der Waals surface area contributed by atoms with Gasteiger partial charge in [-0.15, -0.1) is 0 Å². The van der Waals surface area contributed by atoms with Gasteiger partial charge in [-0.3, -0.25) is 0 Å². The second-order valence-electron chi connectivity index (χ2n) is 5.77. The molecule has 0 aliphatic heterocycles. The molecule has 0 amide bonds. The van der Waals surface area contributed by atoms with Crippen molar-refractivity contribution in [3.05, 3.63) is 65.7 Å². The lowest BCUT2D eigenvalue weighted by atomic mass is 9.96. The van der Waals surface area contributed by atoms with Gasteiger partial charge < -0.3 is 4.74 Å². The summed E-state index contributed by atoms with van der Waals surface area (Å²) in [5, 5.41) is 0.602. The van der Waals surface area contributed by atoms with Gasteiger partial charge in [0.1, 0.15) is 17.7 Å². The Balaban J connectivity index is 1.76. The number of nitrogens with zero attached hydrogens (tertiary/aromatic N) is 2. The number of hydrogen-bond acceptors (Lipinski definition) is 3. The Morgan fingerprint density at radius 1 is 1.04 bits per heavy atom. The summed E-state index contributed by atoms with van der Waals surface area (Å²) in [6, 6.07) is 13.2. The molecule has 2 aromatic carbocycles. The highest BCUT2D eigenvalue weighted by atomic mass is 19.1. The fourth-order valence-corrected chi connectivity index (χ4v) is 2.73. The molecule has 3 aromatic rings. The highest BCUT2D eigenvalue weighted by Crippen LogP contribution is 2.24. The second-order valence-corrected chi connectivity index (χ2v) is 5.77.